The number of carbonyl (C=O) groups is 1. The average molecular weight is 242 g/mol. The van der Waals surface area contributed by atoms with Gasteiger partial charge in [-0.3, -0.25) is 4.79 Å². The van der Waals surface area contributed by atoms with Crippen molar-refractivity contribution in [3.8, 4) is 0 Å². The van der Waals surface area contributed by atoms with E-state index in [-0.39, 0.29) is 5.97 Å². The first kappa shape index (κ1) is 14.5. The molecule has 0 aromatic rings. The summed E-state index contributed by atoms with van der Waals surface area (Å²) in [6.07, 6.45) is 1.68. The second-order valence-corrected chi connectivity index (χ2v) is 5.25. The Morgan fingerprint density at radius 3 is 2.41 bits per heavy atom. The molecular weight excluding hydrogens is 216 g/mol. The summed E-state index contributed by atoms with van der Waals surface area (Å²) in [6, 6.07) is 0. The van der Waals surface area contributed by atoms with Crippen LogP contribution in [0.1, 0.15) is 33.6 Å². The number of likely N-dealkylation sites (tertiary alicyclic amines) is 1. The summed E-state index contributed by atoms with van der Waals surface area (Å²) in [6.45, 7) is 9.82. The predicted molar refractivity (Wildman–Crippen MR) is 68.9 cm³/mol. The fourth-order valence-electron chi connectivity index (χ4n) is 2.46. The molecule has 0 spiro atoms. The van der Waals surface area contributed by atoms with E-state index in [4.69, 9.17) is 4.74 Å². The summed E-state index contributed by atoms with van der Waals surface area (Å²) in [7, 11) is 1.86. The van der Waals surface area contributed by atoms with Crippen LogP contribution in [0.5, 0.6) is 0 Å². The lowest BCUT2D eigenvalue weighted by atomic mass is 9.87. The third-order valence-corrected chi connectivity index (χ3v) is 3.48. The first-order valence-electron chi connectivity index (χ1n) is 6.62. The van der Waals surface area contributed by atoms with Crippen molar-refractivity contribution < 1.29 is 9.53 Å². The summed E-state index contributed by atoms with van der Waals surface area (Å²) in [5.74, 6) is 0.589. The van der Waals surface area contributed by atoms with Crippen LogP contribution < -0.4 is 5.32 Å². The number of piperidine rings is 1. The summed E-state index contributed by atoms with van der Waals surface area (Å²) < 4.78 is 5.17. The summed E-state index contributed by atoms with van der Waals surface area (Å²) in [4.78, 5) is 14.4. The van der Waals surface area contributed by atoms with Crippen molar-refractivity contribution in [2.75, 3.05) is 33.3 Å². The van der Waals surface area contributed by atoms with E-state index >= 15 is 0 Å². The van der Waals surface area contributed by atoms with Gasteiger partial charge >= 0.3 is 5.97 Å². The Labute approximate surface area is 105 Å². The lowest BCUT2D eigenvalue weighted by Crippen LogP contribution is -2.58. The number of hydrogen-bond donors (Lipinski definition) is 1. The fourth-order valence-corrected chi connectivity index (χ4v) is 2.46. The van der Waals surface area contributed by atoms with Crippen molar-refractivity contribution >= 4 is 5.97 Å². The van der Waals surface area contributed by atoms with Crippen molar-refractivity contribution in [1.29, 1.82) is 0 Å². The SMILES string of the molecule is CCOC(=O)C1(NC)CCN(CC(C)C)CC1. The molecule has 1 aliphatic rings. The average Bonchev–Trinajstić information content (AvgIpc) is 2.30. The molecule has 4 nitrogen and oxygen atoms in total. The molecule has 0 atom stereocenters. The highest BCUT2D eigenvalue weighted by Crippen LogP contribution is 2.24. The van der Waals surface area contributed by atoms with Gasteiger partial charge in [-0.2, -0.15) is 0 Å². The van der Waals surface area contributed by atoms with Crippen LogP contribution >= 0.6 is 0 Å². The monoisotopic (exact) mass is 242 g/mol. The molecule has 17 heavy (non-hydrogen) atoms. The van der Waals surface area contributed by atoms with Gasteiger partial charge < -0.3 is 15.0 Å². The quantitative estimate of drug-likeness (QED) is 0.737. The van der Waals surface area contributed by atoms with E-state index in [1.165, 1.54) is 0 Å². The molecule has 0 bridgehead atoms. The number of nitrogens with zero attached hydrogens (tertiary/aromatic N) is 1. The van der Waals surface area contributed by atoms with Crippen molar-refractivity contribution in [2.45, 2.75) is 39.2 Å². The number of esters is 1. The Morgan fingerprint density at radius 2 is 2.00 bits per heavy atom. The lowest BCUT2D eigenvalue weighted by Gasteiger charge is -2.40. The smallest absolute Gasteiger partial charge is 0.326 e. The molecule has 100 valence electrons. The van der Waals surface area contributed by atoms with Crippen molar-refractivity contribution in [2.24, 2.45) is 5.92 Å². The molecule has 4 heteroatoms. The lowest BCUT2D eigenvalue weighted by molar-refractivity contribution is -0.153. The maximum Gasteiger partial charge on any atom is 0.326 e. The molecule has 0 radical (unpaired) electrons. The Hall–Kier alpha value is -0.610. The summed E-state index contributed by atoms with van der Waals surface area (Å²) >= 11 is 0. The van der Waals surface area contributed by atoms with Gasteiger partial charge in [-0.25, -0.2) is 0 Å². The molecular formula is C13H26N2O2. The van der Waals surface area contributed by atoms with E-state index in [0.717, 1.165) is 32.5 Å². The molecule has 0 aromatic carbocycles. The van der Waals surface area contributed by atoms with Crippen LogP contribution in [0.25, 0.3) is 0 Å². The van der Waals surface area contributed by atoms with Crippen LogP contribution in [0, 0.1) is 5.92 Å². The predicted octanol–water partition coefficient (Wildman–Crippen LogP) is 1.26. The summed E-state index contributed by atoms with van der Waals surface area (Å²) in [5, 5.41) is 3.17. The fraction of sp³-hybridized carbons (Fsp3) is 0.923. The third kappa shape index (κ3) is 3.68. The van der Waals surface area contributed by atoms with E-state index < -0.39 is 5.54 Å². The molecule has 0 amide bonds. The van der Waals surface area contributed by atoms with E-state index in [0.29, 0.717) is 12.5 Å². The molecule has 1 heterocycles. The molecule has 0 saturated carbocycles. The Morgan fingerprint density at radius 1 is 1.41 bits per heavy atom. The third-order valence-electron chi connectivity index (χ3n) is 3.48. The van der Waals surface area contributed by atoms with Gasteiger partial charge in [0.25, 0.3) is 0 Å². The largest absolute Gasteiger partial charge is 0.465 e. The molecule has 1 saturated heterocycles. The van der Waals surface area contributed by atoms with Crippen LogP contribution in [0.2, 0.25) is 0 Å². The molecule has 1 aliphatic heterocycles. The highest BCUT2D eigenvalue weighted by molar-refractivity contribution is 5.81. The number of rotatable bonds is 5. The minimum atomic E-state index is -0.455. The number of ether oxygens (including phenoxy) is 1. The van der Waals surface area contributed by atoms with Crippen LogP contribution in [-0.2, 0) is 9.53 Å². The topological polar surface area (TPSA) is 41.6 Å². The maximum absolute atomic E-state index is 12.0. The minimum Gasteiger partial charge on any atom is -0.465 e. The van der Waals surface area contributed by atoms with Gasteiger partial charge in [-0.1, -0.05) is 13.8 Å². The standard InChI is InChI=1S/C13H26N2O2/c1-5-17-12(16)13(14-4)6-8-15(9-7-13)10-11(2)3/h11,14H,5-10H2,1-4H3. The van der Waals surface area contributed by atoms with Gasteiger partial charge in [0.05, 0.1) is 6.61 Å². The Bertz CT molecular complexity index is 246. The normalized spacial score (nSPS) is 20.5. The van der Waals surface area contributed by atoms with Gasteiger partial charge in [0.1, 0.15) is 5.54 Å². The molecule has 1 N–H and O–H groups in total. The molecule has 0 unspecified atom stereocenters. The molecule has 1 fully saturated rings. The number of likely N-dealkylation sites (N-methyl/N-ethyl adjacent to an activating group) is 1. The number of carbonyl (C=O) groups excluding carboxylic acids is 1. The molecule has 0 aromatic heterocycles. The van der Waals surface area contributed by atoms with Gasteiger partial charge in [0, 0.05) is 19.6 Å². The Kier molecular flexibility index (Phi) is 5.40. The zero-order valence-corrected chi connectivity index (χ0v) is 11.6. The van der Waals surface area contributed by atoms with E-state index in [1.54, 1.807) is 0 Å². The second kappa shape index (κ2) is 6.36. The van der Waals surface area contributed by atoms with E-state index in [1.807, 2.05) is 14.0 Å². The van der Waals surface area contributed by atoms with Gasteiger partial charge in [-0.05, 0) is 32.7 Å². The second-order valence-electron chi connectivity index (χ2n) is 5.25. The number of hydrogen-bond acceptors (Lipinski definition) is 4. The van der Waals surface area contributed by atoms with Crippen LogP contribution in [0.4, 0.5) is 0 Å². The highest BCUT2D eigenvalue weighted by atomic mass is 16.5. The van der Waals surface area contributed by atoms with Crippen LogP contribution in [-0.4, -0.2) is 49.7 Å². The first-order chi connectivity index (χ1) is 8.04. The highest BCUT2D eigenvalue weighted by Gasteiger charge is 2.41. The van der Waals surface area contributed by atoms with Crippen molar-refractivity contribution in [3.63, 3.8) is 0 Å². The van der Waals surface area contributed by atoms with Gasteiger partial charge in [0.2, 0.25) is 0 Å². The van der Waals surface area contributed by atoms with Crippen molar-refractivity contribution in [1.82, 2.24) is 10.2 Å². The number of nitrogens with one attached hydrogen (secondary N) is 1. The van der Waals surface area contributed by atoms with E-state index in [9.17, 15) is 4.79 Å². The minimum absolute atomic E-state index is 0.0910. The first-order valence-corrected chi connectivity index (χ1v) is 6.62. The van der Waals surface area contributed by atoms with E-state index in [2.05, 4.69) is 24.1 Å². The van der Waals surface area contributed by atoms with Gasteiger partial charge in [-0.15, -0.1) is 0 Å². The molecule has 1 rings (SSSR count). The van der Waals surface area contributed by atoms with Gasteiger partial charge in [0.15, 0.2) is 0 Å². The zero-order chi connectivity index (χ0) is 12.9. The molecule has 0 aliphatic carbocycles. The van der Waals surface area contributed by atoms with Crippen LogP contribution in [0.15, 0.2) is 0 Å². The van der Waals surface area contributed by atoms with Crippen molar-refractivity contribution in [3.05, 3.63) is 0 Å². The van der Waals surface area contributed by atoms with Crippen LogP contribution in [0.3, 0.4) is 0 Å². The zero-order valence-electron chi connectivity index (χ0n) is 11.6. The maximum atomic E-state index is 12.0. The Balaban J connectivity index is 2.53. The summed E-state index contributed by atoms with van der Waals surface area (Å²) in [5.41, 5.74) is -0.455.